The fourth-order valence-corrected chi connectivity index (χ4v) is 2.22. The van der Waals surface area contributed by atoms with Gasteiger partial charge in [0.1, 0.15) is 5.69 Å². The Morgan fingerprint density at radius 2 is 2.44 bits per heavy atom. The largest absolute Gasteiger partial charge is 0.376 e. The molecule has 1 aliphatic heterocycles. The minimum atomic E-state index is -0.118. The molecule has 1 amide bonds. The van der Waals surface area contributed by atoms with Gasteiger partial charge in [-0.25, -0.2) is 0 Å². The van der Waals surface area contributed by atoms with E-state index < -0.39 is 0 Å². The molecule has 1 aliphatic rings. The van der Waals surface area contributed by atoms with E-state index in [0.29, 0.717) is 12.2 Å². The molecule has 2 rings (SSSR count). The lowest BCUT2D eigenvalue weighted by Gasteiger charge is -2.09. The second-order valence-corrected chi connectivity index (χ2v) is 5.05. The molecule has 0 bridgehead atoms. The summed E-state index contributed by atoms with van der Waals surface area (Å²) in [5.74, 6) is -0.118. The summed E-state index contributed by atoms with van der Waals surface area (Å²) in [4.78, 5) is 11.9. The van der Waals surface area contributed by atoms with Crippen LogP contribution in [0.5, 0.6) is 0 Å². The van der Waals surface area contributed by atoms with E-state index in [-0.39, 0.29) is 18.1 Å². The van der Waals surface area contributed by atoms with Crippen LogP contribution in [0.25, 0.3) is 0 Å². The number of aromatic nitrogens is 2. The van der Waals surface area contributed by atoms with Crippen LogP contribution < -0.4 is 5.32 Å². The fraction of sp³-hybridized carbons (Fsp3) is 0.692. The minimum absolute atomic E-state index is 0.118. The van der Waals surface area contributed by atoms with Gasteiger partial charge < -0.3 is 10.1 Å². The van der Waals surface area contributed by atoms with Crippen molar-refractivity contribution in [2.75, 3.05) is 13.2 Å². The van der Waals surface area contributed by atoms with Crippen molar-refractivity contribution in [2.24, 2.45) is 0 Å². The van der Waals surface area contributed by atoms with Gasteiger partial charge in [-0.15, -0.1) is 0 Å². The van der Waals surface area contributed by atoms with Crippen molar-refractivity contribution in [3.05, 3.63) is 17.5 Å². The first kappa shape index (κ1) is 13.1. The normalized spacial score (nSPS) is 19.4. The van der Waals surface area contributed by atoms with E-state index in [1.54, 1.807) is 0 Å². The molecular weight excluding hydrogens is 230 g/mol. The number of rotatable bonds is 4. The smallest absolute Gasteiger partial charge is 0.271 e. The van der Waals surface area contributed by atoms with Gasteiger partial charge in [0.2, 0.25) is 0 Å². The predicted molar refractivity (Wildman–Crippen MR) is 68.7 cm³/mol. The Morgan fingerprint density at radius 1 is 1.67 bits per heavy atom. The van der Waals surface area contributed by atoms with Gasteiger partial charge in [-0.1, -0.05) is 0 Å². The third kappa shape index (κ3) is 2.90. The van der Waals surface area contributed by atoms with E-state index >= 15 is 0 Å². The molecule has 1 atom stereocenters. The average Bonchev–Trinajstić information content (AvgIpc) is 2.94. The zero-order valence-corrected chi connectivity index (χ0v) is 11.3. The zero-order valence-electron chi connectivity index (χ0n) is 11.3. The summed E-state index contributed by atoms with van der Waals surface area (Å²) < 4.78 is 7.33. The number of hydrogen-bond acceptors (Lipinski definition) is 3. The summed E-state index contributed by atoms with van der Waals surface area (Å²) >= 11 is 0. The Hall–Kier alpha value is -1.36. The molecule has 5 nitrogen and oxygen atoms in total. The highest BCUT2D eigenvalue weighted by Gasteiger charge is 2.18. The molecule has 1 aromatic heterocycles. The number of amides is 1. The van der Waals surface area contributed by atoms with Gasteiger partial charge in [-0.2, -0.15) is 5.10 Å². The molecule has 1 saturated heterocycles. The van der Waals surface area contributed by atoms with Gasteiger partial charge in [0.15, 0.2) is 0 Å². The van der Waals surface area contributed by atoms with Gasteiger partial charge in [-0.05, 0) is 39.7 Å². The summed E-state index contributed by atoms with van der Waals surface area (Å²) in [6.45, 7) is 7.44. The Morgan fingerprint density at radius 3 is 3.00 bits per heavy atom. The van der Waals surface area contributed by atoms with E-state index in [1.807, 2.05) is 31.5 Å². The second kappa shape index (κ2) is 5.52. The molecule has 2 heterocycles. The molecule has 0 saturated carbocycles. The van der Waals surface area contributed by atoms with Crippen molar-refractivity contribution in [1.82, 2.24) is 15.1 Å². The number of ether oxygens (including phenoxy) is 1. The topological polar surface area (TPSA) is 56.1 Å². The summed E-state index contributed by atoms with van der Waals surface area (Å²) in [5, 5.41) is 7.20. The Labute approximate surface area is 108 Å². The van der Waals surface area contributed by atoms with Crippen molar-refractivity contribution in [3.8, 4) is 0 Å². The molecular formula is C13H21N3O2. The highest BCUT2D eigenvalue weighted by atomic mass is 16.5. The first-order valence-electron chi connectivity index (χ1n) is 6.54. The first-order valence-corrected chi connectivity index (χ1v) is 6.54. The van der Waals surface area contributed by atoms with Crippen LogP contribution >= 0.6 is 0 Å². The molecule has 100 valence electrons. The number of hydrogen-bond donors (Lipinski definition) is 1. The van der Waals surface area contributed by atoms with Crippen LogP contribution in [0.1, 0.15) is 48.9 Å². The molecule has 5 heteroatoms. The van der Waals surface area contributed by atoms with Crippen molar-refractivity contribution in [3.63, 3.8) is 0 Å². The van der Waals surface area contributed by atoms with E-state index in [1.165, 1.54) is 0 Å². The van der Waals surface area contributed by atoms with Crippen LogP contribution in [-0.2, 0) is 4.74 Å². The van der Waals surface area contributed by atoms with Gasteiger partial charge in [-0.3, -0.25) is 9.48 Å². The van der Waals surface area contributed by atoms with E-state index in [9.17, 15) is 4.79 Å². The Balaban J connectivity index is 1.93. The average molecular weight is 251 g/mol. The summed E-state index contributed by atoms with van der Waals surface area (Å²) in [5.41, 5.74) is 1.49. The minimum Gasteiger partial charge on any atom is -0.376 e. The summed E-state index contributed by atoms with van der Waals surface area (Å²) in [6, 6.07) is 2.09. The van der Waals surface area contributed by atoms with Crippen LogP contribution in [0.2, 0.25) is 0 Å². The molecule has 0 radical (unpaired) electrons. The van der Waals surface area contributed by atoms with Crippen LogP contribution in [0.4, 0.5) is 0 Å². The maximum absolute atomic E-state index is 11.9. The van der Waals surface area contributed by atoms with E-state index in [4.69, 9.17) is 4.74 Å². The van der Waals surface area contributed by atoms with Crippen molar-refractivity contribution >= 4 is 5.91 Å². The molecule has 0 aliphatic carbocycles. The highest BCUT2D eigenvalue weighted by molar-refractivity contribution is 5.92. The van der Waals surface area contributed by atoms with Crippen molar-refractivity contribution in [1.29, 1.82) is 0 Å². The lowest BCUT2D eigenvalue weighted by molar-refractivity contribution is 0.0853. The lowest BCUT2D eigenvalue weighted by atomic mass is 10.2. The molecule has 1 aromatic rings. The van der Waals surface area contributed by atoms with E-state index in [0.717, 1.165) is 25.1 Å². The summed E-state index contributed by atoms with van der Waals surface area (Å²) in [7, 11) is 0. The SMILES string of the molecule is Cc1cc(C(=O)NCC2CCCO2)nn1C(C)C. The molecule has 1 N–H and O–H groups in total. The number of nitrogens with one attached hydrogen (secondary N) is 1. The maximum Gasteiger partial charge on any atom is 0.271 e. The number of carbonyl (C=O) groups excluding carboxylic acids is 1. The first-order chi connectivity index (χ1) is 8.58. The van der Waals surface area contributed by atoms with Gasteiger partial charge in [0, 0.05) is 24.9 Å². The van der Waals surface area contributed by atoms with Crippen LogP contribution in [0.3, 0.4) is 0 Å². The molecule has 18 heavy (non-hydrogen) atoms. The second-order valence-electron chi connectivity index (χ2n) is 5.05. The van der Waals surface area contributed by atoms with Gasteiger partial charge in [0.05, 0.1) is 6.10 Å². The van der Waals surface area contributed by atoms with E-state index in [2.05, 4.69) is 10.4 Å². The van der Waals surface area contributed by atoms with Gasteiger partial charge in [0.25, 0.3) is 5.91 Å². The Kier molecular flexibility index (Phi) is 4.01. The quantitative estimate of drug-likeness (QED) is 0.885. The lowest BCUT2D eigenvalue weighted by Crippen LogP contribution is -2.32. The molecule has 0 spiro atoms. The standard InChI is InChI=1S/C13H21N3O2/c1-9(2)16-10(3)7-12(15-16)13(17)14-8-11-5-4-6-18-11/h7,9,11H,4-6,8H2,1-3H3,(H,14,17). The third-order valence-electron chi connectivity index (χ3n) is 3.16. The number of carbonyl (C=O) groups is 1. The maximum atomic E-state index is 11.9. The van der Waals surface area contributed by atoms with Crippen molar-refractivity contribution in [2.45, 2.75) is 45.8 Å². The molecule has 0 aromatic carbocycles. The molecule has 1 fully saturated rings. The predicted octanol–water partition coefficient (Wildman–Crippen LogP) is 1.68. The van der Waals surface area contributed by atoms with Crippen LogP contribution in [0.15, 0.2) is 6.07 Å². The third-order valence-corrected chi connectivity index (χ3v) is 3.16. The number of aryl methyl sites for hydroxylation is 1. The monoisotopic (exact) mass is 251 g/mol. The molecule has 1 unspecified atom stereocenters. The Bertz CT molecular complexity index is 420. The number of nitrogens with zero attached hydrogens (tertiary/aromatic N) is 2. The summed E-state index contributed by atoms with van der Waals surface area (Å²) in [6.07, 6.45) is 2.28. The van der Waals surface area contributed by atoms with Crippen molar-refractivity contribution < 1.29 is 9.53 Å². The van der Waals surface area contributed by atoms with Gasteiger partial charge >= 0.3 is 0 Å². The fourth-order valence-electron chi connectivity index (χ4n) is 2.22. The van der Waals surface area contributed by atoms with Crippen LogP contribution in [0, 0.1) is 6.92 Å². The zero-order chi connectivity index (χ0) is 13.1. The van der Waals surface area contributed by atoms with Crippen LogP contribution in [-0.4, -0.2) is 34.9 Å². The highest BCUT2D eigenvalue weighted by Crippen LogP contribution is 2.12.